The molecule has 1 saturated heterocycles. The van der Waals surface area contributed by atoms with E-state index < -0.39 is 12.7 Å². The SMILES string of the molecule is CCCCCCC[C@H]1CC[C@H](C2COC(c3ccc(OC(F)(F)F)cc3)OC2)CC1. The summed E-state index contributed by atoms with van der Waals surface area (Å²) in [5.74, 6) is 1.73. The molecule has 2 aliphatic rings. The lowest BCUT2D eigenvalue weighted by Gasteiger charge is -2.38. The van der Waals surface area contributed by atoms with Gasteiger partial charge in [0, 0.05) is 11.5 Å². The highest BCUT2D eigenvalue weighted by Gasteiger charge is 2.33. The Bertz CT molecular complexity index is 601. The zero-order chi connectivity index (χ0) is 21.4. The van der Waals surface area contributed by atoms with E-state index >= 15 is 0 Å². The van der Waals surface area contributed by atoms with E-state index in [1.165, 1.54) is 76.3 Å². The third-order valence-electron chi connectivity index (χ3n) is 6.58. The van der Waals surface area contributed by atoms with Crippen molar-refractivity contribution < 1.29 is 27.4 Å². The average molecular weight is 429 g/mol. The third kappa shape index (κ3) is 7.45. The van der Waals surface area contributed by atoms with Gasteiger partial charge in [-0.1, -0.05) is 70.4 Å². The van der Waals surface area contributed by atoms with Gasteiger partial charge >= 0.3 is 6.36 Å². The highest BCUT2D eigenvalue weighted by Crippen LogP contribution is 2.39. The number of hydrogen-bond acceptors (Lipinski definition) is 3. The van der Waals surface area contributed by atoms with Crippen LogP contribution in [0.25, 0.3) is 0 Å². The van der Waals surface area contributed by atoms with E-state index in [4.69, 9.17) is 9.47 Å². The number of ether oxygens (including phenoxy) is 3. The molecule has 2 fully saturated rings. The molecule has 30 heavy (non-hydrogen) atoms. The number of unbranched alkanes of at least 4 members (excludes halogenated alkanes) is 4. The predicted molar refractivity (Wildman–Crippen MR) is 110 cm³/mol. The van der Waals surface area contributed by atoms with E-state index in [9.17, 15) is 13.2 Å². The maximum absolute atomic E-state index is 12.3. The number of benzene rings is 1. The molecule has 1 aromatic rings. The second-order valence-corrected chi connectivity index (χ2v) is 8.86. The molecule has 6 heteroatoms. The molecule has 3 nitrogen and oxygen atoms in total. The number of rotatable bonds is 9. The minimum atomic E-state index is -4.68. The standard InChI is InChI=1S/C24H35F3O3/c1-2-3-4-5-6-7-18-8-10-19(11-9-18)21-16-28-23(29-17-21)20-12-14-22(15-13-20)30-24(25,26)27/h12-15,18-19,21,23H,2-11,16-17H2,1H3/t18-,19-,21?,23?. The van der Waals surface area contributed by atoms with Gasteiger partial charge in [0.25, 0.3) is 0 Å². The lowest BCUT2D eigenvalue weighted by Crippen LogP contribution is -2.34. The van der Waals surface area contributed by atoms with Gasteiger partial charge in [-0.15, -0.1) is 13.2 Å². The minimum absolute atomic E-state index is 0.234. The fraction of sp³-hybridized carbons (Fsp3) is 0.750. The quantitative estimate of drug-likeness (QED) is 0.383. The van der Waals surface area contributed by atoms with E-state index in [-0.39, 0.29) is 5.75 Å². The van der Waals surface area contributed by atoms with E-state index in [2.05, 4.69) is 11.7 Å². The van der Waals surface area contributed by atoms with Gasteiger partial charge in [-0.3, -0.25) is 0 Å². The molecule has 0 aromatic heterocycles. The Labute approximate surface area is 178 Å². The lowest BCUT2D eigenvalue weighted by molar-refractivity contribution is -0.274. The van der Waals surface area contributed by atoms with Crippen LogP contribution in [0.1, 0.15) is 83.0 Å². The number of hydrogen-bond donors (Lipinski definition) is 0. The molecular formula is C24H35F3O3. The van der Waals surface area contributed by atoms with Crippen LogP contribution < -0.4 is 4.74 Å². The maximum atomic E-state index is 12.3. The molecule has 1 aromatic carbocycles. The van der Waals surface area contributed by atoms with Crippen LogP contribution in [0, 0.1) is 17.8 Å². The van der Waals surface area contributed by atoms with E-state index in [0.29, 0.717) is 25.0 Å². The van der Waals surface area contributed by atoms with E-state index in [1.54, 1.807) is 12.1 Å². The molecule has 1 heterocycles. The smallest absolute Gasteiger partial charge is 0.406 e. The van der Waals surface area contributed by atoms with Crippen LogP contribution in [-0.2, 0) is 9.47 Å². The summed E-state index contributed by atoms with van der Waals surface area (Å²) in [5, 5.41) is 0. The third-order valence-corrected chi connectivity index (χ3v) is 6.58. The molecule has 0 atom stereocenters. The van der Waals surface area contributed by atoms with Crippen molar-refractivity contribution in [3.8, 4) is 5.75 Å². The van der Waals surface area contributed by atoms with Crippen LogP contribution in [0.15, 0.2) is 24.3 Å². The lowest BCUT2D eigenvalue weighted by atomic mass is 9.74. The monoisotopic (exact) mass is 428 g/mol. The van der Waals surface area contributed by atoms with Crippen molar-refractivity contribution in [3.05, 3.63) is 29.8 Å². The zero-order valence-electron chi connectivity index (χ0n) is 18.0. The number of halogens is 3. The van der Waals surface area contributed by atoms with Crippen molar-refractivity contribution in [3.63, 3.8) is 0 Å². The molecule has 3 rings (SSSR count). The topological polar surface area (TPSA) is 27.7 Å². The second-order valence-electron chi connectivity index (χ2n) is 8.86. The van der Waals surface area contributed by atoms with Crippen molar-refractivity contribution >= 4 is 0 Å². The summed E-state index contributed by atoms with van der Waals surface area (Å²) in [6.45, 7) is 3.56. The molecule has 0 spiro atoms. The van der Waals surface area contributed by atoms with Crippen LogP contribution in [0.3, 0.4) is 0 Å². The van der Waals surface area contributed by atoms with Gasteiger partial charge in [0.1, 0.15) is 5.75 Å². The summed E-state index contributed by atoms with van der Waals surface area (Å²) in [5.41, 5.74) is 0.717. The minimum Gasteiger partial charge on any atom is -0.406 e. The van der Waals surface area contributed by atoms with Crippen LogP contribution in [0.5, 0.6) is 5.75 Å². The second kappa shape index (κ2) is 11.4. The van der Waals surface area contributed by atoms with Crippen LogP contribution in [-0.4, -0.2) is 19.6 Å². The zero-order valence-corrected chi connectivity index (χ0v) is 18.0. The molecule has 0 N–H and O–H groups in total. The van der Waals surface area contributed by atoms with Crippen molar-refractivity contribution in [1.82, 2.24) is 0 Å². The highest BCUT2D eigenvalue weighted by atomic mass is 19.4. The average Bonchev–Trinajstić information content (AvgIpc) is 2.74. The van der Waals surface area contributed by atoms with Crippen molar-refractivity contribution in [2.75, 3.05) is 13.2 Å². The Balaban J connectivity index is 1.36. The van der Waals surface area contributed by atoms with Crippen LogP contribution in [0.4, 0.5) is 13.2 Å². The normalized spacial score (nSPS) is 27.7. The van der Waals surface area contributed by atoms with Gasteiger partial charge in [-0.05, 0) is 36.8 Å². The summed E-state index contributed by atoms with van der Waals surface area (Å²) in [4.78, 5) is 0. The highest BCUT2D eigenvalue weighted by molar-refractivity contribution is 5.28. The predicted octanol–water partition coefficient (Wildman–Crippen LogP) is 7.41. The van der Waals surface area contributed by atoms with Crippen LogP contribution >= 0.6 is 0 Å². The Morgan fingerprint density at radius 1 is 0.867 bits per heavy atom. The summed E-state index contributed by atoms with van der Waals surface area (Å²) in [6.07, 6.45) is 8.13. The molecular weight excluding hydrogens is 393 g/mol. The summed E-state index contributed by atoms with van der Waals surface area (Å²) in [7, 11) is 0. The largest absolute Gasteiger partial charge is 0.573 e. The molecule has 0 amide bonds. The van der Waals surface area contributed by atoms with Crippen molar-refractivity contribution in [2.24, 2.45) is 17.8 Å². The van der Waals surface area contributed by atoms with Gasteiger partial charge in [-0.2, -0.15) is 0 Å². The molecule has 1 aliphatic heterocycles. The van der Waals surface area contributed by atoms with Crippen LogP contribution in [0.2, 0.25) is 0 Å². The summed E-state index contributed by atoms with van der Waals surface area (Å²) in [6, 6.07) is 5.73. The van der Waals surface area contributed by atoms with Crippen molar-refractivity contribution in [1.29, 1.82) is 0 Å². The van der Waals surface area contributed by atoms with Gasteiger partial charge in [0.2, 0.25) is 0 Å². The summed E-state index contributed by atoms with van der Waals surface area (Å²) >= 11 is 0. The fourth-order valence-corrected chi connectivity index (χ4v) is 4.79. The molecule has 1 saturated carbocycles. The van der Waals surface area contributed by atoms with Gasteiger partial charge in [0.15, 0.2) is 6.29 Å². The molecule has 0 bridgehead atoms. The van der Waals surface area contributed by atoms with Crippen molar-refractivity contribution in [2.45, 2.75) is 83.8 Å². The Kier molecular flexibility index (Phi) is 8.87. The molecule has 170 valence electrons. The Morgan fingerprint density at radius 2 is 1.50 bits per heavy atom. The van der Waals surface area contributed by atoms with Gasteiger partial charge in [0.05, 0.1) is 13.2 Å². The van der Waals surface area contributed by atoms with E-state index in [1.807, 2.05) is 0 Å². The Morgan fingerprint density at radius 3 is 2.10 bits per heavy atom. The summed E-state index contributed by atoms with van der Waals surface area (Å²) < 4.78 is 52.6. The molecule has 0 unspecified atom stereocenters. The first kappa shape index (κ1) is 23.4. The molecule has 0 radical (unpaired) electrons. The first-order valence-corrected chi connectivity index (χ1v) is 11.5. The first-order valence-electron chi connectivity index (χ1n) is 11.5. The number of alkyl halides is 3. The van der Waals surface area contributed by atoms with E-state index in [0.717, 1.165) is 11.5 Å². The molecule has 1 aliphatic carbocycles. The first-order chi connectivity index (χ1) is 14.4. The Hall–Kier alpha value is -1.27. The maximum Gasteiger partial charge on any atom is 0.573 e. The van der Waals surface area contributed by atoms with Gasteiger partial charge in [-0.25, -0.2) is 0 Å². The fourth-order valence-electron chi connectivity index (χ4n) is 4.79. The van der Waals surface area contributed by atoms with Gasteiger partial charge < -0.3 is 14.2 Å².